The number of hydrogen-bond acceptors (Lipinski definition) is 6. The number of methoxy groups -OCH3 is 2. The van der Waals surface area contributed by atoms with Gasteiger partial charge in [-0.15, -0.1) is 11.3 Å². The first-order valence-corrected chi connectivity index (χ1v) is 11.8. The molecule has 0 spiro atoms. The SMILES string of the molecule is COc1ccc(-c2nc(CN3CCN(C(=O)c4cccc(Cl)c4Cl)CC3)cs2)c(OC)c1. The molecule has 2 heterocycles. The van der Waals surface area contributed by atoms with E-state index in [2.05, 4.69) is 10.3 Å². The minimum absolute atomic E-state index is 0.0836. The Morgan fingerprint density at radius 2 is 1.88 bits per heavy atom. The van der Waals surface area contributed by atoms with E-state index in [1.807, 2.05) is 23.1 Å². The molecule has 32 heavy (non-hydrogen) atoms. The normalized spacial score (nSPS) is 14.4. The molecule has 1 saturated heterocycles. The second-order valence-corrected chi connectivity index (χ2v) is 9.02. The van der Waals surface area contributed by atoms with Crippen LogP contribution in [-0.4, -0.2) is 61.1 Å². The third-order valence-corrected chi connectivity index (χ3v) is 7.16. The number of hydrogen-bond donors (Lipinski definition) is 0. The van der Waals surface area contributed by atoms with Gasteiger partial charge in [-0.25, -0.2) is 4.98 Å². The Morgan fingerprint density at radius 3 is 2.59 bits per heavy atom. The fourth-order valence-corrected chi connectivity index (χ4v) is 4.88. The molecule has 4 rings (SSSR count). The molecule has 0 N–H and O–H groups in total. The molecule has 1 amide bonds. The van der Waals surface area contributed by atoms with Gasteiger partial charge in [0.25, 0.3) is 5.91 Å². The molecule has 0 atom stereocenters. The molecule has 0 aliphatic carbocycles. The molecule has 0 radical (unpaired) electrons. The third-order valence-electron chi connectivity index (χ3n) is 5.42. The van der Waals surface area contributed by atoms with Gasteiger partial charge in [0.15, 0.2) is 0 Å². The predicted octanol–water partition coefficient (Wildman–Crippen LogP) is 5.09. The summed E-state index contributed by atoms with van der Waals surface area (Å²) in [4.78, 5) is 21.8. The van der Waals surface area contributed by atoms with Crippen molar-refractivity contribution >= 4 is 40.4 Å². The summed E-state index contributed by atoms with van der Waals surface area (Å²) in [6.07, 6.45) is 0. The fraction of sp³-hybridized carbons (Fsp3) is 0.304. The van der Waals surface area contributed by atoms with Crippen molar-refractivity contribution in [3.8, 4) is 22.1 Å². The van der Waals surface area contributed by atoms with Gasteiger partial charge < -0.3 is 14.4 Å². The van der Waals surface area contributed by atoms with Gasteiger partial charge in [0.1, 0.15) is 16.5 Å². The summed E-state index contributed by atoms with van der Waals surface area (Å²) in [6.45, 7) is 3.52. The van der Waals surface area contributed by atoms with Crippen LogP contribution >= 0.6 is 34.5 Å². The Kier molecular flexibility index (Phi) is 7.20. The Labute approximate surface area is 201 Å². The first-order valence-electron chi connectivity index (χ1n) is 10.1. The molecular formula is C23H23Cl2N3O3S. The van der Waals surface area contributed by atoms with Crippen molar-refractivity contribution in [3.63, 3.8) is 0 Å². The zero-order valence-electron chi connectivity index (χ0n) is 17.8. The van der Waals surface area contributed by atoms with E-state index >= 15 is 0 Å². The van der Waals surface area contributed by atoms with Crippen molar-refractivity contribution in [1.29, 1.82) is 0 Å². The van der Waals surface area contributed by atoms with Gasteiger partial charge in [-0.2, -0.15) is 0 Å². The maximum absolute atomic E-state index is 12.8. The molecule has 3 aromatic rings. The first-order chi connectivity index (χ1) is 15.5. The van der Waals surface area contributed by atoms with Gasteiger partial charge in [-0.3, -0.25) is 9.69 Å². The molecule has 168 valence electrons. The van der Waals surface area contributed by atoms with Crippen LogP contribution in [0.2, 0.25) is 10.0 Å². The number of nitrogens with zero attached hydrogens (tertiary/aromatic N) is 3. The average Bonchev–Trinajstić information content (AvgIpc) is 3.28. The quantitative estimate of drug-likeness (QED) is 0.480. The summed E-state index contributed by atoms with van der Waals surface area (Å²) >= 11 is 13.9. The van der Waals surface area contributed by atoms with Gasteiger partial charge in [0.05, 0.1) is 41.1 Å². The van der Waals surface area contributed by atoms with E-state index in [1.54, 1.807) is 43.8 Å². The van der Waals surface area contributed by atoms with Gasteiger partial charge in [0.2, 0.25) is 0 Å². The molecule has 1 aliphatic heterocycles. The van der Waals surface area contributed by atoms with Gasteiger partial charge in [0, 0.05) is 44.2 Å². The Hall–Kier alpha value is -2.32. The van der Waals surface area contributed by atoms with Crippen LogP contribution in [0.25, 0.3) is 10.6 Å². The van der Waals surface area contributed by atoms with Crippen LogP contribution in [0.1, 0.15) is 16.1 Å². The van der Waals surface area contributed by atoms with Crippen molar-refractivity contribution < 1.29 is 14.3 Å². The van der Waals surface area contributed by atoms with E-state index in [1.165, 1.54) is 0 Å². The molecule has 0 bridgehead atoms. The van der Waals surface area contributed by atoms with Crippen LogP contribution in [0.15, 0.2) is 41.8 Å². The fourth-order valence-electron chi connectivity index (χ4n) is 3.66. The zero-order valence-corrected chi connectivity index (χ0v) is 20.1. The van der Waals surface area contributed by atoms with E-state index in [-0.39, 0.29) is 5.91 Å². The molecule has 1 aliphatic rings. The summed E-state index contributed by atoms with van der Waals surface area (Å²) in [5, 5.41) is 3.68. The van der Waals surface area contributed by atoms with Crippen LogP contribution in [0, 0.1) is 0 Å². The molecule has 1 aromatic heterocycles. The number of aromatic nitrogens is 1. The first kappa shape index (κ1) is 22.9. The van der Waals surface area contributed by atoms with Crippen LogP contribution in [-0.2, 0) is 6.54 Å². The van der Waals surface area contributed by atoms with Crippen molar-refractivity contribution in [1.82, 2.24) is 14.8 Å². The highest BCUT2D eigenvalue weighted by Crippen LogP contribution is 2.35. The van der Waals surface area contributed by atoms with Crippen molar-refractivity contribution in [3.05, 3.63) is 63.1 Å². The number of ether oxygens (including phenoxy) is 2. The summed E-state index contributed by atoms with van der Waals surface area (Å²) in [5.41, 5.74) is 2.39. The van der Waals surface area contributed by atoms with E-state index in [0.717, 1.165) is 47.4 Å². The maximum Gasteiger partial charge on any atom is 0.255 e. The zero-order chi connectivity index (χ0) is 22.7. The summed E-state index contributed by atoms with van der Waals surface area (Å²) in [6, 6.07) is 10.9. The third kappa shape index (κ3) is 4.86. The van der Waals surface area contributed by atoms with Crippen LogP contribution < -0.4 is 9.47 Å². The highest BCUT2D eigenvalue weighted by Gasteiger charge is 2.24. The molecular weight excluding hydrogens is 469 g/mol. The van der Waals surface area contributed by atoms with Gasteiger partial charge in [-0.1, -0.05) is 29.3 Å². The van der Waals surface area contributed by atoms with Crippen LogP contribution in [0.4, 0.5) is 0 Å². The molecule has 1 fully saturated rings. The number of rotatable bonds is 6. The minimum Gasteiger partial charge on any atom is -0.497 e. The number of carbonyl (C=O) groups is 1. The highest BCUT2D eigenvalue weighted by atomic mass is 35.5. The summed E-state index contributed by atoms with van der Waals surface area (Å²) < 4.78 is 10.8. The molecule has 0 saturated carbocycles. The Morgan fingerprint density at radius 1 is 1.09 bits per heavy atom. The van der Waals surface area contributed by atoms with E-state index < -0.39 is 0 Å². The number of carbonyl (C=O) groups excluding carboxylic acids is 1. The van der Waals surface area contributed by atoms with Crippen LogP contribution in [0.3, 0.4) is 0 Å². The Balaban J connectivity index is 1.38. The van der Waals surface area contributed by atoms with E-state index in [0.29, 0.717) is 28.7 Å². The van der Waals surface area contributed by atoms with Crippen molar-refractivity contribution in [2.45, 2.75) is 6.54 Å². The number of piperazine rings is 1. The maximum atomic E-state index is 12.8. The largest absolute Gasteiger partial charge is 0.497 e. The smallest absolute Gasteiger partial charge is 0.255 e. The monoisotopic (exact) mass is 491 g/mol. The predicted molar refractivity (Wildman–Crippen MR) is 128 cm³/mol. The topological polar surface area (TPSA) is 54.9 Å². The molecule has 0 unspecified atom stereocenters. The number of thiazole rings is 1. The summed E-state index contributed by atoms with van der Waals surface area (Å²) in [7, 11) is 3.27. The molecule has 6 nitrogen and oxygen atoms in total. The lowest BCUT2D eigenvalue weighted by atomic mass is 10.1. The lowest BCUT2D eigenvalue weighted by Crippen LogP contribution is -2.48. The van der Waals surface area contributed by atoms with Gasteiger partial charge >= 0.3 is 0 Å². The molecule has 9 heteroatoms. The lowest BCUT2D eigenvalue weighted by Gasteiger charge is -2.34. The summed E-state index contributed by atoms with van der Waals surface area (Å²) in [5.74, 6) is 1.39. The second-order valence-electron chi connectivity index (χ2n) is 7.38. The molecule has 2 aromatic carbocycles. The van der Waals surface area contributed by atoms with Crippen molar-refractivity contribution in [2.24, 2.45) is 0 Å². The minimum atomic E-state index is -0.0836. The number of halogens is 2. The van der Waals surface area contributed by atoms with Gasteiger partial charge in [-0.05, 0) is 24.3 Å². The lowest BCUT2D eigenvalue weighted by molar-refractivity contribution is 0.0627. The van der Waals surface area contributed by atoms with E-state index in [4.69, 9.17) is 37.7 Å². The highest BCUT2D eigenvalue weighted by molar-refractivity contribution is 7.13. The number of amides is 1. The Bertz CT molecular complexity index is 1110. The number of benzene rings is 2. The van der Waals surface area contributed by atoms with E-state index in [9.17, 15) is 4.79 Å². The second kappa shape index (κ2) is 10.1. The average molecular weight is 492 g/mol. The standard InChI is InChI=1S/C23H23Cl2N3O3S/c1-30-16-6-7-17(20(12-16)31-2)22-26-15(14-32-22)13-27-8-10-28(11-9-27)23(29)18-4-3-5-19(24)21(18)25/h3-7,12,14H,8-11,13H2,1-2H3. The van der Waals surface area contributed by atoms with Crippen molar-refractivity contribution in [2.75, 3.05) is 40.4 Å². The van der Waals surface area contributed by atoms with Crippen LogP contribution in [0.5, 0.6) is 11.5 Å².